The van der Waals surface area contributed by atoms with Gasteiger partial charge < -0.3 is 10.5 Å². The third-order valence-electron chi connectivity index (χ3n) is 3.07. The molecule has 0 aromatic carbocycles. The van der Waals surface area contributed by atoms with Gasteiger partial charge in [0.1, 0.15) is 0 Å². The van der Waals surface area contributed by atoms with E-state index in [0.29, 0.717) is 13.0 Å². The Hall–Kier alpha value is -0.570. The molecule has 1 aliphatic carbocycles. The van der Waals surface area contributed by atoms with Gasteiger partial charge >= 0.3 is 5.97 Å². The minimum Gasteiger partial charge on any atom is -0.466 e. The van der Waals surface area contributed by atoms with Gasteiger partial charge in [-0.15, -0.1) is 0 Å². The zero-order valence-electron chi connectivity index (χ0n) is 9.21. The predicted molar refractivity (Wildman–Crippen MR) is 55.8 cm³/mol. The Morgan fingerprint density at radius 2 is 2.07 bits per heavy atom. The molecule has 0 spiro atoms. The van der Waals surface area contributed by atoms with Crippen LogP contribution in [-0.2, 0) is 9.53 Å². The van der Waals surface area contributed by atoms with Crippen LogP contribution in [0.15, 0.2) is 0 Å². The molecule has 0 heterocycles. The molecule has 14 heavy (non-hydrogen) atoms. The normalized spacial score (nSPS) is 32.6. The van der Waals surface area contributed by atoms with Gasteiger partial charge in [-0.1, -0.05) is 6.92 Å². The van der Waals surface area contributed by atoms with Crippen LogP contribution >= 0.6 is 0 Å². The number of carbonyl (C=O) groups is 1. The predicted octanol–water partition coefficient (Wildman–Crippen LogP) is 1.85. The van der Waals surface area contributed by atoms with E-state index in [9.17, 15) is 4.79 Å². The first-order chi connectivity index (χ1) is 6.56. The van der Waals surface area contributed by atoms with E-state index in [2.05, 4.69) is 6.92 Å². The summed E-state index contributed by atoms with van der Waals surface area (Å²) in [6.07, 6.45) is 4.55. The van der Waals surface area contributed by atoms with Crippen molar-refractivity contribution in [1.82, 2.24) is 0 Å². The summed E-state index contributed by atoms with van der Waals surface area (Å²) < 4.78 is 4.92. The summed E-state index contributed by atoms with van der Waals surface area (Å²) in [5.74, 6) is 0.610. The van der Waals surface area contributed by atoms with Crippen molar-refractivity contribution in [3.8, 4) is 0 Å². The first-order valence-electron chi connectivity index (χ1n) is 5.50. The van der Waals surface area contributed by atoms with E-state index in [1.54, 1.807) is 0 Å². The highest BCUT2D eigenvalue weighted by atomic mass is 16.5. The van der Waals surface area contributed by atoms with E-state index in [1.807, 2.05) is 6.92 Å². The summed E-state index contributed by atoms with van der Waals surface area (Å²) >= 11 is 0. The van der Waals surface area contributed by atoms with Gasteiger partial charge in [-0.25, -0.2) is 0 Å². The van der Waals surface area contributed by atoms with Crippen LogP contribution in [0.4, 0.5) is 0 Å². The third-order valence-corrected chi connectivity index (χ3v) is 3.07. The monoisotopic (exact) mass is 199 g/mol. The van der Waals surface area contributed by atoms with Crippen LogP contribution in [0.5, 0.6) is 0 Å². The number of ether oxygens (including phenoxy) is 1. The van der Waals surface area contributed by atoms with Gasteiger partial charge in [0.2, 0.25) is 0 Å². The molecule has 1 rings (SSSR count). The molecule has 3 nitrogen and oxygen atoms in total. The van der Waals surface area contributed by atoms with E-state index in [4.69, 9.17) is 10.5 Å². The van der Waals surface area contributed by atoms with Crippen LogP contribution in [0.25, 0.3) is 0 Å². The molecule has 0 aromatic rings. The molecule has 82 valence electrons. The lowest BCUT2D eigenvalue weighted by molar-refractivity contribution is -0.144. The molecule has 1 aliphatic rings. The lowest BCUT2D eigenvalue weighted by Crippen LogP contribution is -2.45. The smallest absolute Gasteiger partial charge is 0.307 e. The summed E-state index contributed by atoms with van der Waals surface area (Å²) in [6, 6.07) is 0. The lowest BCUT2D eigenvalue weighted by atomic mass is 9.76. The molecule has 3 heteroatoms. The first-order valence-corrected chi connectivity index (χ1v) is 5.50. The quantitative estimate of drug-likeness (QED) is 0.706. The lowest BCUT2D eigenvalue weighted by Gasteiger charge is -2.35. The van der Waals surface area contributed by atoms with E-state index in [-0.39, 0.29) is 11.5 Å². The van der Waals surface area contributed by atoms with Crippen molar-refractivity contribution in [2.75, 3.05) is 6.61 Å². The van der Waals surface area contributed by atoms with E-state index in [1.165, 1.54) is 0 Å². The van der Waals surface area contributed by atoms with Crippen molar-refractivity contribution in [3.63, 3.8) is 0 Å². The fraction of sp³-hybridized carbons (Fsp3) is 0.909. The van der Waals surface area contributed by atoms with Crippen LogP contribution in [0.2, 0.25) is 0 Å². The summed E-state index contributed by atoms with van der Waals surface area (Å²) in [5, 5.41) is 0. The number of esters is 1. The molecule has 1 fully saturated rings. The second kappa shape index (κ2) is 4.78. The second-order valence-electron chi connectivity index (χ2n) is 4.53. The van der Waals surface area contributed by atoms with Gasteiger partial charge in [0.15, 0.2) is 0 Å². The van der Waals surface area contributed by atoms with E-state index in [0.717, 1.165) is 31.6 Å². The zero-order valence-corrected chi connectivity index (χ0v) is 9.21. The van der Waals surface area contributed by atoms with Gasteiger partial charge in [0, 0.05) is 5.54 Å². The zero-order chi connectivity index (χ0) is 10.6. The van der Waals surface area contributed by atoms with Crippen molar-refractivity contribution < 1.29 is 9.53 Å². The Morgan fingerprint density at radius 1 is 1.50 bits per heavy atom. The van der Waals surface area contributed by atoms with Gasteiger partial charge in [-0.2, -0.15) is 0 Å². The molecule has 0 aliphatic heterocycles. The number of nitrogens with two attached hydrogens (primary N) is 1. The average Bonchev–Trinajstić information content (AvgIpc) is 2.11. The molecule has 0 saturated heterocycles. The molecule has 0 radical (unpaired) electrons. The van der Waals surface area contributed by atoms with Gasteiger partial charge in [0.25, 0.3) is 0 Å². The molecular weight excluding hydrogens is 178 g/mol. The van der Waals surface area contributed by atoms with Crippen LogP contribution in [0, 0.1) is 5.92 Å². The van der Waals surface area contributed by atoms with Crippen LogP contribution < -0.4 is 5.73 Å². The van der Waals surface area contributed by atoms with Crippen LogP contribution in [0.1, 0.15) is 46.0 Å². The van der Waals surface area contributed by atoms with Crippen molar-refractivity contribution in [2.45, 2.75) is 51.5 Å². The number of carbonyl (C=O) groups excluding carboxylic acids is 1. The number of hydrogen-bond acceptors (Lipinski definition) is 3. The highest BCUT2D eigenvalue weighted by Gasteiger charge is 2.32. The summed E-state index contributed by atoms with van der Waals surface area (Å²) in [6.45, 7) is 4.51. The third kappa shape index (κ3) is 3.29. The van der Waals surface area contributed by atoms with E-state index >= 15 is 0 Å². The Kier molecular flexibility index (Phi) is 3.93. The number of hydrogen-bond donors (Lipinski definition) is 1. The summed E-state index contributed by atoms with van der Waals surface area (Å²) in [4.78, 5) is 11.3. The van der Waals surface area contributed by atoms with Crippen molar-refractivity contribution in [2.24, 2.45) is 11.7 Å². The van der Waals surface area contributed by atoms with E-state index < -0.39 is 0 Å². The molecule has 2 N–H and O–H groups in total. The number of rotatable bonds is 3. The van der Waals surface area contributed by atoms with Gasteiger partial charge in [0.05, 0.1) is 13.0 Å². The fourth-order valence-corrected chi connectivity index (χ4v) is 2.01. The largest absolute Gasteiger partial charge is 0.466 e. The topological polar surface area (TPSA) is 52.3 Å². The maximum atomic E-state index is 11.3. The maximum Gasteiger partial charge on any atom is 0.307 e. The molecule has 0 unspecified atom stereocenters. The Morgan fingerprint density at radius 3 is 2.57 bits per heavy atom. The van der Waals surface area contributed by atoms with Crippen molar-refractivity contribution >= 4 is 5.97 Å². The Balaban J connectivity index is 2.38. The minimum atomic E-state index is -0.293. The highest BCUT2D eigenvalue weighted by molar-refractivity contribution is 5.70. The van der Waals surface area contributed by atoms with Crippen molar-refractivity contribution in [1.29, 1.82) is 0 Å². The maximum absolute atomic E-state index is 11.3. The molecule has 0 amide bonds. The van der Waals surface area contributed by atoms with Crippen LogP contribution in [0.3, 0.4) is 0 Å². The molecule has 0 bridgehead atoms. The summed E-state index contributed by atoms with van der Waals surface area (Å²) in [7, 11) is 0. The van der Waals surface area contributed by atoms with Crippen molar-refractivity contribution in [3.05, 3.63) is 0 Å². The van der Waals surface area contributed by atoms with Gasteiger partial charge in [-0.05, 0) is 38.5 Å². The second-order valence-corrected chi connectivity index (χ2v) is 4.53. The molecular formula is C11H21NO2. The minimum absolute atomic E-state index is 0.149. The standard InChI is InChI=1S/C11H21NO2/c1-3-14-10(13)8-11(12)6-4-9(2)5-7-11/h9H,3-8,12H2,1-2H3. The van der Waals surface area contributed by atoms with Gasteiger partial charge in [-0.3, -0.25) is 4.79 Å². The first kappa shape index (κ1) is 11.5. The molecule has 0 aromatic heterocycles. The SMILES string of the molecule is CCOC(=O)CC1(N)CCC(C)CC1. The molecule has 1 saturated carbocycles. The fourth-order valence-electron chi connectivity index (χ4n) is 2.01. The summed E-state index contributed by atoms with van der Waals surface area (Å²) in [5.41, 5.74) is 5.86. The van der Waals surface area contributed by atoms with Crippen LogP contribution in [-0.4, -0.2) is 18.1 Å². The highest BCUT2D eigenvalue weighted by Crippen LogP contribution is 2.32. The Bertz CT molecular complexity index is 195. The average molecular weight is 199 g/mol. The Labute approximate surface area is 86.0 Å². The molecule has 0 atom stereocenters.